The molecule has 0 aromatic carbocycles. The number of ether oxygens (including phenoxy) is 1. The van der Waals surface area contributed by atoms with Crippen LogP contribution >= 0.6 is 0 Å². The van der Waals surface area contributed by atoms with Crippen molar-refractivity contribution in [2.45, 2.75) is 13.3 Å². The van der Waals surface area contributed by atoms with E-state index in [4.69, 9.17) is 10.5 Å². The molecule has 0 spiro atoms. The molecular weight excluding hydrogens is 178 g/mol. The van der Waals surface area contributed by atoms with E-state index < -0.39 is 0 Å². The molecule has 0 bridgehead atoms. The molecule has 0 saturated heterocycles. The summed E-state index contributed by atoms with van der Waals surface area (Å²) in [5.74, 6) is 1.38. The topological polar surface area (TPSA) is 51.4 Å². The van der Waals surface area contributed by atoms with Crippen LogP contribution in [0.2, 0.25) is 0 Å². The molecule has 0 aliphatic carbocycles. The second kappa shape index (κ2) is 4.69. The van der Waals surface area contributed by atoms with Crippen LogP contribution in [0.5, 0.6) is 5.88 Å². The summed E-state index contributed by atoms with van der Waals surface area (Å²) in [6.45, 7) is 3.05. The van der Waals surface area contributed by atoms with E-state index in [-0.39, 0.29) is 0 Å². The molecule has 14 heavy (non-hydrogen) atoms. The van der Waals surface area contributed by atoms with Crippen molar-refractivity contribution in [3.8, 4) is 5.88 Å². The van der Waals surface area contributed by atoms with Crippen molar-refractivity contribution in [2.24, 2.45) is 0 Å². The number of pyridine rings is 1. The molecule has 1 heterocycles. The van der Waals surface area contributed by atoms with Crippen LogP contribution in [0, 0.1) is 0 Å². The predicted octanol–water partition coefficient (Wildman–Crippen LogP) is 1.52. The fraction of sp³-hybridized carbons (Fsp3) is 0.500. The van der Waals surface area contributed by atoms with Crippen LogP contribution in [0.4, 0.5) is 11.5 Å². The minimum atomic E-state index is 0.595. The Bertz CT molecular complexity index is 301. The Labute approximate surface area is 84.7 Å². The van der Waals surface area contributed by atoms with Gasteiger partial charge in [0, 0.05) is 19.7 Å². The molecule has 4 nitrogen and oxygen atoms in total. The Balaban J connectivity index is 2.93. The number of anilines is 2. The summed E-state index contributed by atoms with van der Waals surface area (Å²) in [5, 5.41) is 0. The quantitative estimate of drug-likeness (QED) is 0.791. The Morgan fingerprint density at radius 1 is 1.50 bits per heavy atom. The van der Waals surface area contributed by atoms with Gasteiger partial charge in [0.05, 0.1) is 12.8 Å². The summed E-state index contributed by atoms with van der Waals surface area (Å²) >= 11 is 0. The van der Waals surface area contributed by atoms with Crippen molar-refractivity contribution in [2.75, 3.05) is 31.3 Å². The molecule has 4 heteroatoms. The fourth-order valence-electron chi connectivity index (χ4n) is 1.30. The van der Waals surface area contributed by atoms with E-state index >= 15 is 0 Å². The van der Waals surface area contributed by atoms with Gasteiger partial charge in [0.15, 0.2) is 5.82 Å². The minimum Gasteiger partial charge on any atom is -0.481 e. The van der Waals surface area contributed by atoms with Gasteiger partial charge in [-0.25, -0.2) is 0 Å². The van der Waals surface area contributed by atoms with Crippen molar-refractivity contribution < 1.29 is 4.74 Å². The first-order chi connectivity index (χ1) is 6.69. The Morgan fingerprint density at radius 3 is 2.79 bits per heavy atom. The summed E-state index contributed by atoms with van der Waals surface area (Å²) in [6, 6.07) is 3.58. The summed E-state index contributed by atoms with van der Waals surface area (Å²) in [4.78, 5) is 6.31. The van der Waals surface area contributed by atoms with E-state index in [2.05, 4.69) is 11.9 Å². The number of aromatic nitrogens is 1. The average Bonchev–Trinajstić information content (AvgIpc) is 2.19. The zero-order valence-electron chi connectivity index (χ0n) is 8.95. The average molecular weight is 195 g/mol. The number of nitrogen functional groups attached to an aromatic ring is 1. The predicted molar refractivity (Wildman–Crippen MR) is 58.8 cm³/mol. The molecular formula is C10H17N3O. The van der Waals surface area contributed by atoms with E-state index in [0.29, 0.717) is 11.6 Å². The molecule has 1 rings (SSSR count). The third-order valence-electron chi connectivity index (χ3n) is 2.01. The number of nitrogens with two attached hydrogens (primary N) is 1. The molecule has 0 amide bonds. The number of nitrogens with zero attached hydrogens (tertiary/aromatic N) is 2. The second-order valence-corrected chi connectivity index (χ2v) is 3.19. The van der Waals surface area contributed by atoms with Gasteiger partial charge in [-0.15, -0.1) is 0 Å². The van der Waals surface area contributed by atoms with E-state index in [1.54, 1.807) is 13.2 Å². The van der Waals surface area contributed by atoms with Crippen LogP contribution in [-0.4, -0.2) is 25.7 Å². The molecule has 1 aromatic rings. The molecule has 0 aliphatic heterocycles. The normalized spacial score (nSPS) is 9.93. The molecule has 2 N–H and O–H groups in total. The second-order valence-electron chi connectivity index (χ2n) is 3.19. The Morgan fingerprint density at radius 2 is 2.21 bits per heavy atom. The van der Waals surface area contributed by atoms with Gasteiger partial charge < -0.3 is 15.4 Å². The van der Waals surface area contributed by atoms with Gasteiger partial charge >= 0.3 is 0 Å². The maximum absolute atomic E-state index is 5.82. The largest absolute Gasteiger partial charge is 0.481 e. The lowest BCUT2D eigenvalue weighted by Gasteiger charge is -2.19. The Hall–Kier alpha value is -1.45. The van der Waals surface area contributed by atoms with Gasteiger partial charge in [0.25, 0.3) is 0 Å². The van der Waals surface area contributed by atoms with E-state index in [0.717, 1.165) is 18.8 Å². The molecule has 0 fully saturated rings. The van der Waals surface area contributed by atoms with Gasteiger partial charge in [0.2, 0.25) is 5.88 Å². The van der Waals surface area contributed by atoms with E-state index in [9.17, 15) is 0 Å². The summed E-state index contributed by atoms with van der Waals surface area (Å²) in [5.41, 5.74) is 6.50. The van der Waals surface area contributed by atoms with Crippen LogP contribution in [0.15, 0.2) is 12.1 Å². The first-order valence-electron chi connectivity index (χ1n) is 4.70. The lowest BCUT2D eigenvalue weighted by atomic mass is 10.3. The lowest BCUT2D eigenvalue weighted by Crippen LogP contribution is -2.20. The number of methoxy groups -OCH3 is 1. The van der Waals surface area contributed by atoms with Crippen molar-refractivity contribution in [3.63, 3.8) is 0 Å². The summed E-state index contributed by atoms with van der Waals surface area (Å²) < 4.78 is 5.04. The number of rotatable bonds is 4. The van der Waals surface area contributed by atoms with Crippen molar-refractivity contribution >= 4 is 11.5 Å². The number of hydrogen-bond acceptors (Lipinski definition) is 4. The van der Waals surface area contributed by atoms with Crippen molar-refractivity contribution in [3.05, 3.63) is 12.1 Å². The highest BCUT2D eigenvalue weighted by atomic mass is 16.5. The van der Waals surface area contributed by atoms with Crippen molar-refractivity contribution in [1.29, 1.82) is 0 Å². The summed E-state index contributed by atoms with van der Waals surface area (Å²) in [7, 11) is 3.57. The monoisotopic (exact) mass is 195 g/mol. The minimum absolute atomic E-state index is 0.595. The Kier molecular flexibility index (Phi) is 3.56. The smallest absolute Gasteiger partial charge is 0.215 e. The first-order valence-corrected chi connectivity index (χ1v) is 4.70. The third-order valence-corrected chi connectivity index (χ3v) is 2.01. The van der Waals surface area contributed by atoms with Gasteiger partial charge in [-0.1, -0.05) is 6.92 Å². The lowest BCUT2D eigenvalue weighted by molar-refractivity contribution is 0.398. The first kappa shape index (κ1) is 10.6. The van der Waals surface area contributed by atoms with Gasteiger partial charge in [-0.3, -0.25) is 0 Å². The van der Waals surface area contributed by atoms with Crippen LogP contribution in [-0.2, 0) is 0 Å². The third kappa shape index (κ3) is 2.28. The molecule has 0 radical (unpaired) electrons. The summed E-state index contributed by atoms with van der Waals surface area (Å²) in [6.07, 6.45) is 1.06. The molecule has 78 valence electrons. The highest BCUT2D eigenvalue weighted by molar-refractivity contribution is 5.63. The van der Waals surface area contributed by atoms with Gasteiger partial charge in [-0.05, 0) is 12.5 Å². The van der Waals surface area contributed by atoms with Crippen LogP contribution in [0.3, 0.4) is 0 Å². The highest BCUT2D eigenvalue weighted by Crippen LogP contribution is 2.22. The zero-order valence-corrected chi connectivity index (χ0v) is 8.95. The van der Waals surface area contributed by atoms with Gasteiger partial charge in [0.1, 0.15) is 0 Å². The van der Waals surface area contributed by atoms with Crippen molar-refractivity contribution in [1.82, 2.24) is 4.98 Å². The van der Waals surface area contributed by atoms with Crippen LogP contribution < -0.4 is 15.4 Å². The van der Waals surface area contributed by atoms with Gasteiger partial charge in [-0.2, -0.15) is 4.98 Å². The standard InChI is InChI=1S/C10H17N3O/c1-4-7-13(2)10-8(11)5-6-9(12-10)14-3/h5-6H,4,7,11H2,1-3H3. The van der Waals surface area contributed by atoms with Crippen LogP contribution in [0.25, 0.3) is 0 Å². The molecule has 0 unspecified atom stereocenters. The van der Waals surface area contributed by atoms with Crippen LogP contribution in [0.1, 0.15) is 13.3 Å². The maximum atomic E-state index is 5.82. The zero-order chi connectivity index (χ0) is 10.6. The SMILES string of the molecule is CCCN(C)c1nc(OC)ccc1N. The molecule has 0 saturated carbocycles. The van der Waals surface area contributed by atoms with E-state index in [1.165, 1.54) is 0 Å². The molecule has 0 atom stereocenters. The fourth-order valence-corrected chi connectivity index (χ4v) is 1.30. The van der Waals surface area contributed by atoms with E-state index in [1.807, 2.05) is 18.0 Å². The maximum Gasteiger partial charge on any atom is 0.215 e. The highest BCUT2D eigenvalue weighted by Gasteiger charge is 2.07. The number of hydrogen-bond donors (Lipinski definition) is 1. The molecule has 0 aliphatic rings. The molecule has 1 aromatic heterocycles.